The largest absolute Gasteiger partial charge is 0.345 e. The molecule has 2 nitrogen and oxygen atoms in total. The second kappa shape index (κ2) is 4.57. The Morgan fingerprint density at radius 3 is 2.13 bits per heavy atom. The van der Waals surface area contributed by atoms with Crippen molar-refractivity contribution in [3.63, 3.8) is 0 Å². The molecule has 1 aromatic rings. The topological polar surface area (TPSA) is 20.3 Å². The van der Waals surface area contributed by atoms with Crippen LogP contribution in [0, 0.1) is 11.6 Å². The van der Waals surface area contributed by atoms with Gasteiger partial charge in [0.15, 0.2) is 0 Å². The Bertz CT molecular complexity index is 370. The Balaban J connectivity index is 3.20. The fourth-order valence-electron chi connectivity index (χ4n) is 1.11. The maximum absolute atomic E-state index is 13.2. The molecule has 0 fully saturated rings. The first kappa shape index (κ1) is 11.9. The molecule has 0 aromatic heterocycles. The average Bonchev–Trinajstić information content (AvgIpc) is 2.15. The molecular weight excluding hydrogens is 224 g/mol. The fraction of sp³-hybridized carbons (Fsp3) is 0.300. The molecule has 5 heteroatoms. The minimum Gasteiger partial charge on any atom is -0.345 e. The number of hydrogen-bond donors (Lipinski definition) is 0. The van der Waals surface area contributed by atoms with E-state index < -0.39 is 17.5 Å². The fourth-order valence-corrected chi connectivity index (χ4v) is 1.37. The van der Waals surface area contributed by atoms with E-state index in [1.807, 2.05) is 0 Å². The minimum atomic E-state index is -0.796. The molecule has 15 heavy (non-hydrogen) atoms. The minimum absolute atomic E-state index is 0.0242. The number of hydrogen-bond acceptors (Lipinski definition) is 1. The average molecular weight is 234 g/mol. The molecule has 1 amide bonds. The van der Waals surface area contributed by atoms with Crippen molar-refractivity contribution in [2.24, 2.45) is 0 Å². The first-order valence-corrected chi connectivity index (χ1v) is 4.76. The molecule has 0 saturated heterocycles. The van der Waals surface area contributed by atoms with Crippen molar-refractivity contribution >= 4 is 17.5 Å². The van der Waals surface area contributed by atoms with Crippen LogP contribution >= 0.6 is 11.6 Å². The van der Waals surface area contributed by atoms with Gasteiger partial charge in [-0.2, -0.15) is 0 Å². The molecule has 0 N–H and O–H groups in total. The molecule has 1 rings (SSSR count). The summed E-state index contributed by atoms with van der Waals surface area (Å²) in [5, 5.41) is 0. The molecule has 0 aliphatic heterocycles. The third-order valence-electron chi connectivity index (χ3n) is 1.93. The lowest BCUT2D eigenvalue weighted by Crippen LogP contribution is -2.22. The summed E-state index contributed by atoms with van der Waals surface area (Å²) in [6, 6.07) is 1.98. The van der Waals surface area contributed by atoms with Crippen molar-refractivity contribution in [3.8, 4) is 0 Å². The summed E-state index contributed by atoms with van der Waals surface area (Å²) < 4.78 is 26.5. The van der Waals surface area contributed by atoms with Gasteiger partial charge in [0, 0.05) is 25.2 Å². The Kier molecular flexibility index (Phi) is 3.63. The summed E-state index contributed by atoms with van der Waals surface area (Å²) in [6.07, 6.45) is 0. The number of alkyl halides is 1. The SMILES string of the molecule is CN(C)C(=O)c1cc(F)c(CCl)c(F)c1. The second-order valence-electron chi connectivity index (χ2n) is 3.25. The highest BCUT2D eigenvalue weighted by atomic mass is 35.5. The molecule has 0 bridgehead atoms. The van der Waals surface area contributed by atoms with E-state index in [-0.39, 0.29) is 17.0 Å². The van der Waals surface area contributed by atoms with Crippen molar-refractivity contribution in [2.75, 3.05) is 14.1 Å². The number of rotatable bonds is 2. The van der Waals surface area contributed by atoms with Gasteiger partial charge in [-0.05, 0) is 12.1 Å². The number of amides is 1. The van der Waals surface area contributed by atoms with E-state index >= 15 is 0 Å². The monoisotopic (exact) mass is 233 g/mol. The second-order valence-corrected chi connectivity index (χ2v) is 3.52. The lowest BCUT2D eigenvalue weighted by molar-refractivity contribution is 0.0826. The van der Waals surface area contributed by atoms with Gasteiger partial charge in [-0.3, -0.25) is 4.79 Å². The number of benzene rings is 1. The zero-order valence-corrected chi connectivity index (χ0v) is 9.11. The van der Waals surface area contributed by atoms with Crippen molar-refractivity contribution < 1.29 is 13.6 Å². The summed E-state index contributed by atoms with van der Waals surface area (Å²) in [4.78, 5) is 12.7. The first-order chi connectivity index (χ1) is 6.97. The quantitative estimate of drug-likeness (QED) is 0.719. The van der Waals surface area contributed by atoms with Gasteiger partial charge >= 0.3 is 0 Å². The van der Waals surface area contributed by atoms with Gasteiger partial charge < -0.3 is 4.90 Å². The van der Waals surface area contributed by atoms with Gasteiger partial charge in [0.05, 0.1) is 5.88 Å². The molecule has 0 atom stereocenters. The van der Waals surface area contributed by atoms with Crippen LogP contribution in [0.2, 0.25) is 0 Å². The summed E-state index contributed by atoms with van der Waals surface area (Å²) in [6.45, 7) is 0. The molecule has 0 aliphatic rings. The first-order valence-electron chi connectivity index (χ1n) is 4.23. The summed E-state index contributed by atoms with van der Waals surface area (Å²) in [5.74, 6) is -2.30. The van der Waals surface area contributed by atoms with Crippen LogP contribution in [0.4, 0.5) is 8.78 Å². The van der Waals surface area contributed by atoms with Crippen molar-refractivity contribution in [1.29, 1.82) is 0 Å². The van der Waals surface area contributed by atoms with Crippen molar-refractivity contribution in [3.05, 3.63) is 34.9 Å². The predicted octanol–water partition coefficient (Wildman–Crippen LogP) is 2.41. The Morgan fingerprint density at radius 2 is 1.80 bits per heavy atom. The van der Waals surface area contributed by atoms with E-state index in [1.54, 1.807) is 0 Å². The van der Waals surface area contributed by atoms with Crippen LogP contribution in [0.5, 0.6) is 0 Å². The van der Waals surface area contributed by atoms with Gasteiger partial charge in [0.25, 0.3) is 5.91 Å². The predicted molar refractivity (Wildman–Crippen MR) is 53.9 cm³/mol. The highest BCUT2D eigenvalue weighted by molar-refractivity contribution is 6.17. The van der Waals surface area contributed by atoms with Crippen LogP contribution in [0.1, 0.15) is 15.9 Å². The van der Waals surface area contributed by atoms with Crippen LogP contribution in [0.25, 0.3) is 0 Å². The van der Waals surface area contributed by atoms with E-state index in [0.717, 1.165) is 12.1 Å². The van der Waals surface area contributed by atoms with E-state index in [2.05, 4.69) is 0 Å². The van der Waals surface area contributed by atoms with Crippen LogP contribution < -0.4 is 0 Å². The lowest BCUT2D eigenvalue weighted by Gasteiger charge is -2.11. The summed E-state index contributed by atoms with van der Waals surface area (Å²) in [7, 11) is 3.02. The summed E-state index contributed by atoms with van der Waals surface area (Å²) in [5.41, 5.74) is -0.240. The molecule has 82 valence electrons. The molecule has 0 saturated carbocycles. The zero-order valence-electron chi connectivity index (χ0n) is 8.35. The van der Waals surface area contributed by atoms with Crippen LogP contribution in [-0.2, 0) is 5.88 Å². The van der Waals surface area contributed by atoms with Gasteiger partial charge in [-0.25, -0.2) is 8.78 Å². The van der Waals surface area contributed by atoms with E-state index in [9.17, 15) is 13.6 Å². The Morgan fingerprint density at radius 1 is 1.33 bits per heavy atom. The van der Waals surface area contributed by atoms with E-state index in [4.69, 9.17) is 11.6 Å². The molecule has 0 spiro atoms. The number of halogens is 3. The van der Waals surface area contributed by atoms with Gasteiger partial charge in [-0.15, -0.1) is 11.6 Å². The van der Waals surface area contributed by atoms with E-state index in [0.29, 0.717) is 0 Å². The zero-order chi connectivity index (χ0) is 11.6. The normalized spacial score (nSPS) is 10.2. The molecule has 1 aromatic carbocycles. The van der Waals surface area contributed by atoms with Gasteiger partial charge in [0.1, 0.15) is 11.6 Å². The molecule has 0 unspecified atom stereocenters. The van der Waals surface area contributed by atoms with Crippen LogP contribution in [-0.4, -0.2) is 24.9 Å². The maximum Gasteiger partial charge on any atom is 0.253 e. The summed E-state index contributed by atoms with van der Waals surface area (Å²) >= 11 is 5.36. The van der Waals surface area contributed by atoms with Crippen molar-refractivity contribution in [1.82, 2.24) is 4.90 Å². The molecule has 0 heterocycles. The van der Waals surface area contributed by atoms with Gasteiger partial charge in [-0.1, -0.05) is 0 Å². The highest BCUT2D eigenvalue weighted by Crippen LogP contribution is 2.18. The lowest BCUT2D eigenvalue weighted by atomic mass is 10.1. The smallest absolute Gasteiger partial charge is 0.253 e. The number of carbonyl (C=O) groups is 1. The van der Waals surface area contributed by atoms with Crippen LogP contribution in [0.3, 0.4) is 0 Å². The Hall–Kier alpha value is -1.16. The maximum atomic E-state index is 13.2. The third kappa shape index (κ3) is 2.45. The van der Waals surface area contributed by atoms with Crippen LogP contribution in [0.15, 0.2) is 12.1 Å². The highest BCUT2D eigenvalue weighted by Gasteiger charge is 2.15. The molecule has 0 radical (unpaired) electrons. The molecular formula is C10H10ClF2NO. The number of carbonyl (C=O) groups excluding carboxylic acids is 1. The third-order valence-corrected chi connectivity index (χ3v) is 2.20. The number of nitrogens with zero attached hydrogens (tertiary/aromatic N) is 1. The standard InChI is InChI=1S/C10H10ClF2NO/c1-14(2)10(15)6-3-8(12)7(5-11)9(13)4-6/h3-4H,5H2,1-2H3. The Labute approximate surface area is 91.4 Å². The molecule has 0 aliphatic carbocycles. The van der Waals surface area contributed by atoms with Gasteiger partial charge in [0.2, 0.25) is 0 Å². The van der Waals surface area contributed by atoms with Crippen molar-refractivity contribution in [2.45, 2.75) is 5.88 Å². The van der Waals surface area contributed by atoms with E-state index in [1.165, 1.54) is 19.0 Å².